The van der Waals surface area contributed by atoms with Crippen molar-refractivity contribution in [3.05, 3.63) is 24.0 Å². The molecule has 2 aromatic rings. The number of alkyl halides is 2. The van der Waals surface area contributed by atoms with Crippen LogP contribution in [-0.4, -0.2) is 27.2 Å². The number of nitrogens with two attached hydrogens (primary N) is 1. The average molecular weight is 362 g/mol. The molecule has 2 N–H and O–H groups in total. The lowest BCUT2D eigenvalue weighted by Crippen LogP contribution is -2.09. The van der Waals surface area contributed by atoms with Crippen molar-refractivity contribution in [2.75, 3.05) is 5.73 Å². The predicted octanol–water partition coefficient (Wildman–Crippen LogP) is 3.40. The number of halogens is 2. The minimum atomic E-state index is -2.97. The molecule has 2 aliphatic carbocycles. The molecule has 0 aliphatic heterocycles. The monoisotopic (exact) mass is 362 g/mol. The van der Waals surface area contributed by atoms with Crippen LogP contribution in [0.5, 0.6) is 5.75 Å². The molecule has 0 aromatic carbocycles. The molecule has 0 bridgehead atoms. The molecule has 2 aliphatic rings. The van der Waals surface area contributed by atoms with E-state index in [-0.39, 0.29) is 17.6 Å². The maximum atomic E-state index is 12.5. The fourth-order valence-electron chi connectivity index (χ4n) is 4.05. The summed E-state index contributed by atoms with van der Waals surface area (Å²) in [4.78, 5) is 15.5. The molecule has 0 radical (unpaired) electrons. The van der Waals surface area contributed by atoms with Crippen molar-refractivity contribution >= 4 is 11.6 Å². The molecule has 4 rings (SSSR count). The molecule has 26 heavy (non-hydrogen) atoms. The van der Waals surface area contributed by atoms with Gasteiger partial charge in [-0.15, -0.1) is 0 Å². The molecule has 0 saturated heterocycles. The van der Waals surface area contributed by atoms with E-state index in [1.807, 2.05) is 24.6 Å². The highest BCUT2D eigenvalue weighted by atomic mass is 19.3. The van der Waals surface area contributed by atoms with Gasteiger partial charge in [0.2, 0.25) is 0 Å². The quantitative estimate of drug-likeness (QED) is 0.881. The van der Waals surface area contributed by atoms with Crippen LogP contribution in [0.2, 0.25) is 0 Å². The maximum Gasteiger partial charge on any atom is 0.387 e. The summed E-state index contributed by atoms with van der Waals surface area (Å²) < 4.78 is 31.4. The highest BCUT2D eigenvalue weighted by Crippen LogP contribution is 2.62. The first kappa shape index (κ1) is 16.9. The molecule has 2 saturated carbocycles. The fourth-order valence-corrected chi connectivity index (χ4v) is 4.05. The first-order valence-electron chi connectivity index (χ1n) is 8.67. The van der Waals surface area contributed by atoms with Gasteiger partial charge in [-0.05, 0) is 37.8 Å². The van der Waals surface area contributed by atoms with Gasteiger partial charge in [0.1, 0.15) is 5.78 Å². The van der Waals surface area contributed by atoms with Crippen molar-refractivity contribution in [2.24, 2.45) is 11.8 Å². The Bertz CT molecular complexity index is 851. The van der Waals surface area contributed by atoms with Crippen LogP contribution in [0.4, 0.5) is 14.6 Å². The normalized spacial score (nSPS) is 24.4. The molecule has 1 unspecified atom stereocenters. The van der Waals surface area contributed by atoms with Crippen LogP contribution < -0.4 is 10.5 Å². The van der Waals surface area contributed by atoms with Gasteiger partial charge in [-0.25, -0.2) is 4.98 Å². The number of rotatable bonds is 5. The van der Waals surface area contributed by atoms with Crippen molar-refractivity contribution < 1.29 is 18.3 Å². The number of ether oxygens (including phenoxy) is 1. The Labute approximate surface area is 149 Å². The first-order chi connectivity index (χ1) is 12.3. The minimum Gasteiger partial charge on any atom is -0.431 e. The Hall–Kier alpha value is -2.51. The number of hydrogen-bond acceptors (Lipinski definition) is 5. The van der Waals surface area contributed by atoms with Gasteiger partial charge >= 0.3 is 6.61 Å². The summed E-state index contributed by atoms with van der Waals surface area (Å²) in [6.07, 6.45) is 2.79. The summed E-state index contributed by atoms with van der Waals surface area (Å²) in [5.41, 5.74) is 7.90. The molecule has 2 fully saturated rings. The van der Waals surface area contributed by atoms with E-state index in [9.17, 15) is 13.6 Å². The number of ketones is 1. The Kier molecular flexibility index (Phi) is 3.93. The molecule has 2 aromatic heterocycles. The number of nitrogen functional groups attached to an aromatic ring is 1. The molecular formula is C18H20F2N4O2. The van der Waals surface area contributed by atoms with Crippen molar-refractivity contribution in [3.63, 3.8) is 0 Å². The van der Waals surface area contributed by atoms with Crippen molar-refractivity contribution in [1.29, 1.82) is 0 Å². The van der Waals surface area contributed by atoms with Gasteiger partial charge in [0.15, 0.2) is 11.6 Å². The molecule has 3 atom stereocenters. The van der Waals surface area contributed by atoms with Gasteiger partial charge in [0, 0.05) is 42.3 Å². The molecule has 0 amide bonds. The van der Waals surface area contributed by atoms with E-state index in [0.29, 0.717) is 47.6 Å². The Balaban J connectivity index is 1.68. The number of anilines is 1. The third kappa shape index (κ3) is 2.83. The van der Waals surface area contributed by atoms with Gasteiger partial charge in [-0.3, -0.25) is 9.48 Å². The molecule has 6 nitrogen and oxygen atoms in total. The third-order valence-corrected chi connectivity index (χ3v) is 5.25. The highest BCUT2D eigenvalue weighted by molar-refractivity contribution is 5.83. The second-order valence-electron chi connectivity index (χ2n) is 7.28. The Morgan fingerprint density at radius 3 is 2.58 bits per heavy atom. The number of Topliss-reactive ketones (excluding diaryl/α,β-unsaturated/α-hetero) is 1. The first-order valence-corrected chi connectivity index (χ1v) is 8.67. The topological polar surface area (TPSA) is 83.0 Å². The van der Waals surface area contributed by atoms with E-state index in [4.69, 9.17) is 5.73 Å². The zero-order valence-electron chi connectivity index (χ0n) is 14.5. The largest absolute Gasteiger partial charge is 0.431 e. The van der Waals surface area contributed by atoms with E-state index in [2.05, 4.69) is 14.8 Å². The van der Waals surface area contributed by atoms with Gasteiger partial charge in [-0.2, -0.15) is 13.9 Å². The summed E-state index contributed by atoms with van der Waals surface area (Å²) in [5.74, 6) is 1.25. The van der Waals surface area contributed by atoms with Gasteiger partial charge in [0.05, 0.1) is 5.69 Å². The van der Waals surface area contributed by atoms with Crippen molar-refractivity contribution in [1.82, 2.24) is 14.8 Å². The Morgan fingerprint density at radius 2 is 1.96 bits per heavy atom. The zero-order chi connectivity index (χ0) is 18.6. The second-order valence-corrected chi connectivity index (χ2v) is 7.28. The molecule has 8 heteroatoms. The molecular weight excluding hydrogens is 342 g/mol. The maximum absolute atomic E-state index is 12.5. The van der Waals surface area contributed by atoms with Crippen molar-refractivity contribution in [2.45, 2.75) is 45.3 Å². The summed E-state index contributed by atoms with van der Waals surface area (Å²) in [6, 6.07) is 3.55. The standard InChI is InChI=1S/C18H20F2N4O2/c1-8(2)24-14(16-11-4-10(25)5-12(11)16)6-13(23-24)9-3-15(26-18(19)20)17(21)22-7-9/h3,6-8,11-12,16,18H,4-5H2,1-2H3,(H2,21,22)/t11-,12+,16?. The van der Waals surface area contributed by atoms with E-state index in [0.717, 1.165) is 5.69 Å². The molecule has 138 valence electrons. The summed E-state index contributed by atoms with van der Waals surface area (Å²) in [7, 11) is 0. The SMILES string of the molecule is CC(C)n1nc(-c2cnc(N)c(OC(F)F)c2)cc1C1[C@H]2CC(=O)C[C@@H]12. The fraction of sp³-hybridized carbons (Fsp3) is 0.500. The second kappa shape index (κ2) is 6.03. The minimum absolute atomic E-state index is 0.0900. The number of pyridine rings is 1. The van der Waals surface area contributed by atoms with E-state index in [1.54, 1.807) is 0 Å². The predicted molar refractivity (Wildman–Crippen MR) is 90.8 cm³/mol. The van der Waals surface area contributed by atoms with Gasteiger partial charge in [0.25, 0.3) is 0 Å². The van der Waals surface area contributed by atoms with Crippen molar-refractivity contribution in [3.8, 4) is 17.0 Å². The van der Waals surface area contributed by atoms with Crippen LogP contribution in [0.1, 0.15) is 44.3 Å². The van der Waals surface area contributed by atoms with Gasteiger partial charge < -0.3 is 10.5 Å². The summed E-state index contributed by atoms with van der Waals surface area (Å²) in [5, 5.41) is 4.65. The van der Waals surface area contributed by atoms with Crippen LogP contribution in [0.3, 0.4) is 0 Å². The lowest BCUT2D eigenvalue weighted by Gasteiger charge is -2.11. The lowest BCUT2D eigenvalue weighted by atomic mass is 10.1. The number of carbonyl (C=O) groups excluding carboxylic acids is 1. The Morgan fingerprint density at radius 1 is 1.27 bits per heavy atom. The zero-order valence-corrected chi connectivity index (χ0v) is 14.5. The lowest BCUT2D eigenvalue weighted by molar-refractivity contribution is -0.118. The number of aromatic nitrogens is 3. The molecule has 2 heterocycles. The highest BCUT2D eigenvalue weighted by Gasteiger charge is 2.57. The third-order valence-electron chi connectivity index (χ3n) is 5.25. The van der Waals surface area contributed by atoms with Gasteiger partial charge in [-0.1, -0.05) is 0 Å². The van der Waals surface area contributed by atoms with E-state index in [1.165, 1.54) is 12.3 Å². The van der Waals surface area contributed by atoms with Crippen LogP contribution >= 0.6 is 0 Å². The van der Waals surface area contributed by atoms with E-state index >= 15 is 0 Å². The number of hydrogen-bond donors (Lipinski definition) is 1. The van der Waals surface area contributed by atoms with Crippen LogP contribution in [0.15, 0.2) is 18.3 Å². The average Bonchev–Trinajstić information content (AvgIpc) is 2.94. The van der Waals surface area contributed by atoms with Crippen LogP contribution in [0, 0.1) is 11.8 Å². The summed E-state index contributed by atoms with van der Waals surface area (Å²) in [6.45, 7) is 1.10. The summed E-state index contributed by atoms with van der Waals surface area (Å²) >= 11 is 0. The number of fused-ring (bicyclic) bond motifs is 1. The van der Waals surface area contributed by atoms with Crippen LogP contribution in [-0.2, 0) is 4.79 Å². The van der Waals surface area contributed by atoms with E-state index < -0.39 is 6.61 Å². The smallest absolute Gasteiger partial charge is 0.387 e. The molecule has 0 spiro atoms. The number of nitrogens with zero attached hydrogens (tertiary/aromatic N) is 3. The van der Waals surface area contributed by atoms with Crippen LogP contribution in [0.25, 0.3) is 11.3 Å². The number of carbonyl (C=O) groups is 1.